The quantitative estimate of drug-likeness (QED) is 0.0243. The van der Waals surface area contributed by atoms with Crippen LogP contribution in [0.1, 0.15) is 15.9 Å². The van der Waals surface area contributed by atoms with Gasteiger partial charge < -0.3 is 42.3 Å². The van der Waals surface area contributed by atoms with E-state index in [0.717, 1.165) is 12.1 Å². The summed E-state index contributed by atoms with van der Waals surface area (Å²) < 4.78 is 109. The summed E-state index contributed by atoms with van der Waals surface area (Å²) in [5.74, 6) is -1.25. The minimum atomic E-state index is -5.45. The van der Waals surface area contributed by atoms with Gasteiger partial charge >= 0.3 is 88.7 Å². The third kappa shape index (κ3) is 12.6. The predicted molar refractivity (Wildman–Crippen MR) is 216 cm³/mol. The van der Waals surface area contributed by atoms with Crippen molar-refractivity contribution in [3.05, 3.63) is 101 Å². The van der Waals surface area contributed by atoms with Crippen molar-refractivity contribution < 1.29 is 132 Å². The average Bonchev–Trinajstić information content (AvgIpc) is 3.15. The number of allylic oxidation sites excluding steroid dienone is 1. The Labute approximate surface area is 424 Å². The number of nitrogens with two attached hydrogens (primary N) is 5. The number of benzene rings is 5. The van der Waals surface area contributed by atoms with Crippen LogP contribution in [0.5, 0.6) is 0 Å². The zero-order valence-electron chi connectivity index (χ0n) is 33.0. The van der Waals surface area contributed by atoms with Gasteiger partial charge in [-0.1, -0.05) is 0 Å². The molecule has 0 heterocycles. The van der Waals surface area contributed by atoms with Crippen LogP contribution in [0.3, 0.4) is 0 Å². The van der Waals surface area contributed by atoms with Gasteiger partial charge in [-0.05, 0) is 96.6 Å². The summed E-state index contributed by atoms with van der Waals surface area (Å²) in [7, 11) is -15.8. The van der Waals surface area contributed by atoms with Gasteiger partial charge in [0.2, 0.25) is 5.78 Å². The number of hydrogen-bond acceptors (Lipinski definition) is 23. The first-order valence-corrected chi connectivity index (χ1v) is 20.6. The van der Waals surface area contributed by atoms with Crippen LogP contribution in [-0.2, 0) is 30.4 Å². The monoisotopic (exact) mass is 941 g/mol. The molecule has 0 saturated heterocycles. The van der Waals surface area contributed by atoms with Gasteiger partial charge in [-0.25, -0.2) is 25.3 Å². The Morgan fingerprint density at radius 2 is 1.03 bits per heavy atom. The molecule has 5 aromatic rings. The van der Waals surface area contributed by atoms with E-state index < -0.39 is 79.0 Å². The Morgan fingerprint density at radius 1 is 0.524 bits per heavy atom. The van der Waals surface area contributed by atoms with E-state index in [1.165, 1.54) is 54.6 Å². The molecule has 1 aliphatic carbocycles. The Kier molecular flexibility index (Phi) is 17.6. The summed E-state index contributed by atoms with van der Waals surface area (Å²) >= 11 is 0. The summed E-state index contributed by atoms with van der Waals surface area (Å²) in [5.41, 5.74) is 29.3. The molecule has 308 valence electrons. The third-order valence-corrected chi connectivity index (χ3v) is 10.7. The molecule has 0 fully saturated rings. The first-order valence-electron chi connectivity index (χ1n) is 16.3. The molecule has 5 aromatic carbocycles. The van der Waals surface area contributed by atoms with Crippen LogP contribution in [0.4, 0.5) is 68.2 Å². The Morgan fingerprint density at radius 3 is 1.56 bits per heavy atom. The van der Waals surface area contributed by atoms with Crippen LogP contribution in [0.15, 0.2) is 135 Å². The first-order chi connectivity index (χ1) is 28.1. The molecule has 0 unspecified atom stereocenters. The first kappa shape index (κ1) is 52.9. The van der Waals surface area contributed by atoms with Gasteiger partial charge in [0.25, 0.3) is 0 Å². The number of nitrogens with one attached hydrogen (secondary N) is 1. The normalized spacial score (nSPS) is 13.6. The number of carbonyl (C=O) groups excluding carboxylic acids is 1. The zero-order valence-corrected chi connectivity index (χ0v) is 41.4. The standard InChI is InChI=1S/C34H29N13O10S3.3Na/c35-17-1-10-25(22(36)13-17)44-40-18-2-8-21(9-3-18)43-47-33-29(60(55,56)57)12-16-11-28(59(52,53)54)32(31(39)30(16)34(33)48)46-42-20-6-4-19(5-7-20)41-45-26-15-27(58(49,50)51)24(38)14-23(26)37;;;/h1-15,43H,35-39H2,(H,49,50,51)(H,52,53,54)(H,55,56,57);;;/q;3*+1/p-3/b44-40?,45-41?,46-42?,47-33+;;;. The number of rotatable bonds is 11. The molecular weight excluding hydrogens is 916 g/mol. The minimum absolute atomic E-state index is 0. The van der Waals surface area contributed by atoms with E-state index in [-0.39, 0.29) is 123 Å². The van der Waals surface area contributed by atoms with Crippen LogP contribution in [0.25, 0.3) is 6.08 Å². The van der Waals surface area contributed by atoms with Gasteiger partial charge in [0.05, 0.1) is 65.8 Å². The summed E-state index contributed by atoms with van der Waals surface area (Å²) in [6, 6.07) is 18.3. The number of fused-ring (bicyclic) bond motifs is 1. The summed E-state index contributed by atoms with van der Waals surface area (Å²) in [6.07, 6.45) is 0.642. The fraction of sp³-hybridized carbons (Fsp3) is 0. The Bertz CT molecular complexity index is 3120. The molecule has 0 aromatic heterocycles. The van der Waals surface area contributed by atoms with Crippen molar-refractivity contribution in [1.82, 2.24) is 0 Å². The van der Waals surface area contributed by atoms with Gasteiger partial charge in [-0.15, -0.1) is 15.3 Å². The summed E-state index contributed by atoms with van der Waals surface area (Å²) in [5, 5.41) is 27.4. The number of hydrogen-bond donors (Lipinski definition) is 6. The van der Waals surface area contributed by atoms with Gasteiger partial charge in [-0.2, -0.15) is 20.4 Å². The molecule has 0 saturated carbocycles. The number of Topliss-reactive ketones (excluding diaryl/α,β-unsaturated/α-hetero) is 1. The molecule has 23 nitrogen and oxygen atoms in total. The maximum absolute atomic E-state index is 13.8. The number of nitrogen functional groups attached to an aromatic ring is 5. The molecule has 0 amide bonds. The topological polar surface area (TPSA) is 417 Å². The number of anilines is 6. The zero-order chi connectivity index (χ0) is 43.7. The summed E-state index contributed by atoms with van der Waals surface area (Å²) in [4.78, 5) is 10.8. The molecule has 1 aliphatic rings. The van der Waals surface area contributed by atoms with Crippen LogP contribution < -0.4 is 123 Å². The van der Waals surface area contributed by atoms with E-state index in [0.29, 0.717) is 34.9 Å². The smallest absolute Gasteiger partial charge is 0.744 e. The van der Waals surface area contributed by atoms with E-state index in [9.17, 15) is 43.7 Å². The summed E-state index contributed by atoms with van der Waals surface area (Å²) in [6.45, 7) is 0. The van der Waals surface area contributed by atoms with E-state index in [1.54, 1.807) is 12.1 Å². The largest absolute Gasteiger partial charge is 1.00 e. The fourth-order valence-corrected chi connectivity index (χ4v) is 7.21. The molecule has 0 spiro atoms. The Hall–Kier alpha value is -4.49. The van der Waals surface area contributed by atoms with Gasteiger partial charge in [0, 0.05) is 5.69 Å². The van der Waals surface area contributed by atoms with Gasteiger partial charge in [0.1, 0.15) is 53.1 Å². The van der Waals surface area contributed by atoms with Crippen molar-refractivity contribution in [1.29, 1.82) is 0 Å². The molecule has 11 N–H and O–H groups in total. The molecule has 0 atom stereocenters. The number of hydrazone groups is 1. The van der Waals surface area contributed by atoms with Gasteiger partial charge in [-0.3, -0.25) is 10.2 Å². The van der Waals surface area contributed by atoms with Crippen molar-refractivity contribution in [2.75, 3.05) is 34.1 Å². The number of carbonyl (C=O) groups is 1. The second kappa shape index (κ2) is 21.0. The molecule has 0 aliphatic heterocycles. The SMILES string of the molecule is Nc1ccc(N=Nc2ccc(N/N=C3/C(=O)c4c(cc(S(=O)(=O)[O-])c(N=Nc5ccc(N=Nc6cc(S(=O)(=O)[O-])c(N)cc6N)cc5)c4N)C=C3S(=O)(=O)[O-])cc2)c(N)c1.[Na+].[Na+].[Na+]. The van der Waals surface area contributed by atoms with Crippen LogP contribution in [-0.4, -0.2) is 50.4 Å². The molecule has 6 rings (SSSR count). The number of azo groups is 3. The van der Waals surface area contributed by atoms with E-state index in [4.69, 9.17) is 28.7 Å². The maximum atomic E-state index is 13.8. The number of nitrogens with zero attached hydrogens (tertiary/aromatic N) is 7. The van der Waals surface area contributed by atoms with Crippen LogP contribution in [0.2, 0.25) is 0 Å². The molecule has 63 heavy (non-hydrogen) atoms. The van der Waals surface area contributed by atoms with E-state index >= 15 is 0 Å². The van der Waals surface area contributed by atoms with Crippen molar-refractivity contribution in [2.45, 2.75) is 9.79 Å². The number of ketones is 1. The second-order valence-electron chi connectivity index (χ2n) is 12.3. The maximum Gasteiger partial charge on any atom is 1.00 e. The average molecular weight is 942 g/mol. The third-order valence-electron chi connectivity index (χ3n) is 8.14. The fourth-order valence-electron chi connectivity index (χ4n) is 5.30. The molecule has 0 radical (unpaired) electrons. The van der Waals surface area contributed by atoms with Crippen molar-refractivity contribution in [3.63, 3.8) is 0 Å². The Balaban J connectivity index is 0.00000352. The second-order valence-corrected chi connectivity index (χ2v) is 16.3. The van der Waals surface area contributed by atoms with Gasteiger partial charge in [0.15, 0.2) is 0 Å². The van der Waals surface area contributed by atoms with E-state index in [2.05, 4.69) is 41.2 Å². The van der Waals surface area contributed by atoms with Crippen molar-refractivity contribution in [3.8, 4) is 0 Å². The van der Waals surface area contributed by atoms with Crippen LogP contribution in [0, 0.1) is 0 Å². The van der Waals surface area contributed by atoms with Crippen LogP contribution >= 0.6 is 0 Å². The van der Waals surface area contributed by atoms with E-state index in [1.807, 2.05) is 0 Å². The molecule has 0 bridgehead atoms. The minimum Gasteiger partial charge on any atom is -0.744 e. The van der Waals surface area contributed by atoms with Crippen molar-refractivity contribution in [2.24, 2.45) is 35.8 Å². The molecular formula is C34H26N13Na3O10S3. The van der Waals surface area contributed by atoms with Crippen molar-refractivity contribution >= 4 is 116 Å². The molecule has 29 heteroatoms. The predicted octanol–water partition coefficient (Wildman–Crippen LogP) is -3.79.